The van der Waals surface area contributed by atoms with E-state index < -0.39 is 0 Å². The van der Waals surface area contributed by atoms with Gasteiger partial charge < -0.3 is 0 Å². The average molecular weight is 281 g/mol. The Balaban J connectivity index is 2.03. The molecule has 0 heterocycles. The third-order valence-corrected chi connectivity index (χ3v) is 2.77. The quantitative estimate of drug-likeness (QED) is 0.594. The first-order chi connectivity index (χ1) is 10.8. The Bertz CT molecular complexity index is 860. The zero-order valence-corrected chi connectivity index (χ0v) is 11.7. The van der Waals surface area contributed by atoms with Gasteiger partial charge in [-0.05, 0) is 36.4 Å². The predicted octanol–water partition coefficient (Wildman–Crippen LogP) is 3.33. The van der Waals surface area contributed by atoms with Crippen molar-refractivity contribution >= 4 is 6.29 Å². The van der Waals surface area contributed by atoms with E-state index in [1.54, 1.807) is 54.6 Å². The molecule has 0 aliphatic carbocycles. The van der Waals surface area contributed by atoms with Crippen LogP contribution in [0.3, 0.4) is 0 Å². The van der Waals surface area contributed by atoms with Crippen molar-refractivity contribution in [1.82, 2.24) is 0 Å². The van der Waals surface area contributed by atoms with Crippen molar-refractivity contribution in [2.75, 3.05) is 0 Å². The first-order valence-electron chi connectivity index (χ1n) is 6.56. The van der Waals surface area contributed by atoms with Crippen molar-refractivity contribution in [3.8, 4) is 29.8 Å². The number of nitriles is 1. The van der Waals surface area contributed by atoms with E-state index in [0.717, 1.165) is 11.8 Å². The molecule has 2 rings (SSSR count). The topological polar surface area (TPSA) is 40.9 Å². The second kappa shape index (κ2) is 7.91. The van der Waals surface area contributed by atoms with E-state index in [9.17, 15) is 4.79 Å². The molecule has 2 aromatic carbocycles. The minimum atomic E-state index is 0.560. The van der Waals surface area contributed by atoms with Crippen LogP contribution in [-0.4, -0.2) is 6.29 Å². The van der Waals surface area contributed by atoms with Crippen molar-refractivity contribution in [2.24, 2.45) is 0 Å². The molecule has 0 spiro atoms. The number of rotatable bonds is 1. The molecule has 0 saturated heterocycles. The summed E-state index contributed by atoms with van der Waals surface area (Å²) in [7, 11) is 0. The minimum absolute atomic E-state index is 0.560. The van der Waals surface area contributed by atoms with Gasteiger partial charge in [-0.3, -0.25) is 4.79 Å². The molecule has 2 nitrogen and oxygen atoms in total. The number of hydrogen-bond donors (Lipinski definition) is 0. The van der Waals surface area contributed by atoms with E-state index in [2.05, 4.69) is 29.8 Å². The second-order valence-corrected chi connectivity index (χ2v) is 4.27. The van der Waals surface area contributed by atoms with Crippen LogP contribution in [0.2, 0.25) is 0 Å². The molecule has 0 fully saturated rings. The first-order valence-corrected chi connectivity index (χ1v) is 6.56. The largest absolute Gasteiger partial charge is 0.298 e. The molecule has 0 aromatic heterocycles. The molecular weight excluding hydrogens is 270 g/mol. The number of aldehydes is 1. The minimum Gasteiger partial charge on any atom is -0.298 e. The number of carbonyl (C=O) groups excluding carboxylic acids is 1. The lowest BCUT2D eigenvalue weighted by Crippen LogP contribution is -1.80. The van der Waals surface area contributed by atoms with Gasteiger partial charge in [0.05, 0.1) is 5.56 Å². The van der Waals surface area contributed by atoms with Crippen molar-refractivity contribution in [3.05, 3.63) is 82.9 Å². The van der Waals surface area contributed by atoms with Gasteiger partial charge in [0, 0.05) is 16.7 Å². The number of hydrogen-bond acceptors (Lipinski definition) is 2. The summed E-state index contributed by atoms with van der Waals surface area (Å²) in [6.07, 6.45) is 4.09. The maximum absolute atomic E-state index is 10.5. The number of nitrogens with zero attached hydrogens (tertiary/aromatic N) is 1. The fourth-order valence-electron chi connectivity index (χ4n) is 1.66. The molecule has 0 bridgehead atoms. The molecule has 0 amide bonds. The number of allylic oxidation sites excluding steroid dienone is 2. The van der Waals surface area contributed by atoms with Crippen LogP contribution in [0, 0.1) is 35.0 Å². The van der Waals surface area contributed by atoms with Crippen LogP contribution in [0.1, 0.15) is 27.0 Å². The smallest absolute Gasteiger partial charge is 0.150 e. The Morgan fingerprint density at radius 2 is 1.45 bits per heavy atom. The molecule has 0 radical (unpaired) electrons. The maximum Gasteiger partial charge on any atom is 0.150 e. The fraction of sp³-hybridized carbons (Fsp3) is 0. The highest BCUT2D eigenvalue weighted by Crippen LogP contribution is 2.04. The molecule has 0 aliphatic heterocycles. The molecular formula is C20H11NO. The first kappa shape index (κ1) is 14.9. The van der Waals surface area contributed by atoms with Gasteiger partial charge >= 0.3 is 0 Å². The van der Waals surface area contributed by atoms with Gasteiger partial charge in [-0.15, -0.1) is 0 Å². The standard InChI is InChI=1S/C20H11NO/c21-15-20-10-6-5-9-19(20)8-4-2-1-3-7-17-11-13-18(16-22)14-12-17/h1-2,5-6,9-14,16H. The summed E-state index contributed by atoms with van der Waals surface area (Å²) in [6.45, 7) is 0. The SMILES string of the molecule is N#Cc1ccccc1C#CC=CC#Cc1ccc(C=O)cc1. The summed E-state index contributed by atoms with van der Waals surface area (Å²) in [5.41, 5.74) is 2.72. The fourth-order valence-corrected chi connectivity index (χ4v) is 1.66. The van der Waals surface area contributed by atoms with Crippen LogP contribution >= 0.6 is 0 Å². The third-order valence-electron chi connectivity index (χ3n) is 2.77. The Morgan fingerprint density at radius 3 is 2.09 bits per heavy atom. The third kappa shape index (κ3) is 4.24. The van der Waals surface area contributed by atoms with E-state index in [0.29, 0.717) is 16.7 Å². The summed E-state index contributed by atoms with van der Waals surface area (Å²) in [6, 6.07) is 16.3. The Hall–Kier alpha value is -3.54. The zero-order valence-electron chi connectivity index (χ0n) is 11.7. The molecule has 0 N–H and O–H groups in total. The average Bonchev–Trinajstić information content (AvgIpc) is 2.58. The van der Waals surface area contributed by atoms with Crippen LogP contribution < -0.4 is 0 Å². The predicted molar refractivity (Wildman–Crippen MR) is 85.9 cm³/mol. The van der Waals surface area contributed by atoms with Gasteiger partial charge in [-0.2, -0.15) is 5.26 Å². The molecule has 0 unspecified atom stereocenters. The normalized spacial score (nSPS) is 9.05. The molecule has 0 saturated carbocycles. The summed E-state index contributed by atoms with van der Waals surface area (Å²) in [5, 5.41) is 8.94. The van der Waals surface area contributed by atoms with Crippen LogP contribution in [0.15, 0.2) is 60.7 Å². The van der Waals surface area contributed by atoms with Crippen LogP contribution in [-0.2, 0) is 0 Å². The molecule has 2 aromatic rings. The lowest BCUT2D eigenvalue weighted by molar-refractivity contribution is 0.112. The highest BCUT2D eigenvalue weighted by molar-refractivity contribution is 5.74. The van der Waals surface area contributed by atoms with Crippen molar-refractivity contribution in [1.29, 1.82) is 5.26 Å². The Labute approximate surface area is 129 Å². The second-order valence-electron chi connectivity index (χ2n) is 4.27. The lowest BCUT2D eigenvalue weighted by atomic mass is 10.1. The summed E-state index contributed by atoms with van der Waals surface area (Å²) in [5.74, 6) is 11.6. The number of benzene rings is 2. The van der Waals surface area contributed by atoms with Crippen LogP contribution in [0.25, 0.3) is 0 Å². The highest BCUT2D eigenvalue weighted by Gasteiger charge is 1.94. The molecule has 102 valence electrons. The maximum atomic E-state index is 10.5. The van der Waals surface area contributed by atoms with Gasteiger partial charge in [-0.1, -0.05) is 47.9 Å². The molecule has 0 atom stereocenters. The summed E-state index contributed by atoms with van der Waals surface area (Å²) in [4.78, 5) is 10.5. The molecule has 22 heavy (non-hydrogen) atoms. The van der Waals surface area contributed by atoms with Gasteiger partial charge in [-0.25, -0.2) is 0 Å². The van der Waals surface area contributed by atoms with Crippen molar-refractivity contribution in [2.45, 2.75) is 0 Å². The highest BCUT2D eigenvalue weighted by atomic mass is 16.1. The monoisotopic (exact) mass is 281 g/mol. The Kier molecular flexibility index (Phi) is 5.34. The van der Waals surface area contributed by atoms with E-state index >= 15 is 0 Å². The van der Waals surface area contributed by atoms with Crippen molar-refractivity contribution < 1.29 is 4.79 Å². The summed E-state index contributed by atoms with van der Waals surface area (Å²) >= 11 is 0. The zero-order chi connectivity index (χ0) is 15.6. The van der Waals surface area contributed by atoms with E-state index in [4.69, 9.17) is 5.26 Å². The van der Waals surface area contributed by atoms with Gasteiger partial charge in [0.2, 0.25) is 0 Å². The van der Waals surface area contributed by atoms with Crippen molar-refractivity contribution in [3.63, 3.8) is 0 Å². The van der Waals surface area contributed by atoms with E-state index in [1.165, 1.54) is 0 Å². The van der Waals surface area contributed by atoms with Gasteiger partial charge in [0.25, 0.3) is 0 Å². The van der Waals surface area contributed by atoms with E-state index in [1.807, 2.05) is 6.07 Å². The van der Waals surface area contributed by atoms with Gasteiger partial charge in [0.1, 0.15) is 12.4 Å². The van der Waals surface area contributed by atoms with E-state index in [-0.39, 0.29) is 0 Å². The molecule has 2 heteroatoms. The lowest BCUT2D eigenvalue weighted by Gasteiger charge is -1.91. The summed E-state index contributed by atoms with van der Waals surface area (Å²) < 4.78 is 0. The molecule has 0 aliphatic rings. The van der Waals surface area contributed by atoms with Crippen LogP contribution in [0.4, 0.5) is 0 Å². The Morgan fingerprint density at radius 1 is 0.818 bits per heavy atom. The van der Waals surface area contributed by atoms with Gasteiger partial charge in [0.15, 0.2) is 0 Å². The number of carbonyl (C=O) groups is 1. The van der Waals surface area contributed by atoms with Crippen LogP contribution in [0.5, 0.6) is 0 Å².